The third kappa shape index (κ3) is 3.32. The van der Waals surface area contributed by atoms with Gasteiger partial charge in [0.05, 0.1) is 11.6 Å². The summed E-state index contributed by atoms with van der Waals surface area (Å²) in [6.07, 6.45) is 0.232. The molecule has 1 rings (SSSR count). The molecule has 1 aromatic rings. The second-order valence-electron chi connectivity index (χ2n) is 4.37. The molecular weight excluding hydrogens is 226 g/mol. The molecule has 2 N–H and O–H groups in total. The zero-order valence-corrected chi connectivity index (χ0v) is 10.8. The number of hydrogen-bond acceptors (Lipinski definition) is 4. The minimum atomic E-state index is -0.494. The standard InChI is InChI=1S/C11H18ClN3O/c1-5-9-13-8(12)6-10(14-9)15-11(3,4)7(2)16/h6-7,16H,5H2,1-4H3,(H,13,14,15). The molecule has 0 bridgehead atoms. The predicted molar refractivity (Wildman–Crippen MR) is 65.8 cm³/mol. The number of nitrogens with zero attached hydrogens (tertiary/aromatic N) is 2. The first-order valence-electron chi connectivity index (χ1n) is 5.35. The first-order chi connectivity index (χ1) is 7.35. The topological polar surface area (TPSA) is 58.0 Å². The van der Waals surface area contributed by atoms with Gasteiger partial charge in [0, 0.05) is 12.5 Å². The van der Waals surface area contributed by atoms with Gasteiger partial charge in [-0.2, -0.15) is 0 Å². The van der Waals surface area contributed by atoms with Crippen LogP contribution < -0.4 is 5.32 Å². The quantitative estimate of drug-likeness (QED) is 0.797. The van der Waals surface area contributed by atoms with E-state index >= 15 is 0 Å². The first-order valence-corrected chi connectivity index (χ1v) is 5.72. The van der Waals surface area contributed by atoms with E-state index in [0.717, 1.165) is 6.42 Å². The van der Waals surface area contributed by atoms with E-state index in [1.54, 1.807) is 13.0 Å². The molecule has 0 aliphatic rings. The molecule has 0 radical (unpaired) electrons. The van der Waals surface area contributed by atoms with E-state index in [1.165, 1.54) is 0 Å². The van der Waals surface area contributed by atoms with Crippen molar-refractivity contribution in [3.63, 3.8) is 0 Å². The van der Waals surface area contributed by atoms with Gasteiger partial charge in [-0.05, 0) is 20.8 Å². The number of aromatic nitrogens is 2. The Labute approximate surface area is 101 Å². The summed E-state index contributed by atoms with van der Waals surface area (Å²) in [4.78, 5) is 8.38. The van der Waals surface area contributed by atoms with Gasteiger partial charge >= 0.3 is 0 Å². The summed E-state index contributed by atoms with van der Waals surface area (Å²) in [6.45, 7) is 7.50. The highest BCUT2D eigenvalue weighted by Gasteiger charge is 2.24. The van der Waals surface area contributed by atoms with Crippen LogP contribution in [0, 0.1) is 0 Å². The average molecular weight is 244 g/mol. The minimum absolute atomic E-state index is 0.413. The normalized spacial score (nSPS) is 13.6. The van der Waals surface area contributed by atoms with Crippen molar-refractivity contribution in [2.45, 2.75) is 45.8 Å². The maximum Gasteiger partial charge on any atom is 0.134 e. The van der Waals surface area contributed by atoms with Crippen molar-refractivity contribution in [2.75, 3.05) is 5.32 Å². The molecule has 5 heteroatoms. The van der Waals surface area contributed by atoms with Crippen LogP contribution in [0.4, 0.5) is 5.82 Å². The van der Waals surface area contributed by atoms with Gasteiger partial charge in [0.1, 0.15) is 16.8 Å². The summed E-state index contributed by atoms with van der Waals surface area (Å²) >= 11 is 5.88. The number of rotatable bonds is 4. The van der Waals surface area contributed by atoms with Gasteiger partial charge in [-0.25, -0.2) is 9.97 Å². The van der Waals surface area contributed by atoms with Crippen LogP contribution in [-0.2, 0) is 6.42 Å². The van der Waals surface area contributed by atoms with Crippen molar-refractivity contribution in [3.05, 3.63) is 17.0 Å². The lowest BCUT2D eigenvalue weighted by Crippen LogP contribution is -2.42. The molecule has 0 aliphatic carbocycles. The zero-order chi connectivity index (χ0) is 12.3. The molecule has 0 spiro atoms. The summed E-state index contributed by atoms with van der Waals surface area (Å²) in [5.74, 6) is 1.33. The minimum Gasteiger partial charge on any atom is -0.391 e. The van der Waals surface area contributed by atoms with Gasteiger partial charge in [0.2, 0.25) is 0 Å². The summed E-state index contributed by atoms with van der Waals surface area (Å²) < 4.78 is 0. The van der Waals surface area contributed by atoms with Crippen molar-refractivity contribution in [1.82, 2.24) is 9.97 Å². The smallest absolute Gasteiger partial charge is 0.134 e. The van der Waals surface area contributed by atoms with E-state index in [-0.39, 0.29) is 0 Å². The molecule has 16 heavy (non-hydrogen) atoms. The van der Waals surface area contributed by atoms with Crippen LogP contribution in [0.1, 0.15) is 33.5 Å². The van der Waals surface area contributed by atoms with E-state index in [0.29, 0.717) is 16.8 Å². The lowest BCUT2D eigenvalue weighted by Gasteiger charge is -2.30. The Morgan fingerprint density at radius 3 is 2.62 bits per heavy atom. The molecule has 4 nitrogen and oxygen atoms in total. The largest absolute Gasteiger partial charge is 0.391 e. The van der Waals surface area contributed by atoms with E-state index in [1.807, 2.05) is 20.8 Å². The molecule has 0 amide bonds. The maximum atomic E-state index is 9.60. The molecule has 0 saturated carbocycles. The number of aryl methyl sites for hydroxylation is 1. The lowest BCUT2D eigenvalue weighted by atomic mass is 9.99. The summed E-state index contributed by atoms with van der Waals surface area (Å²) in [5.41, 5.74) is -0.456. The third-order valence-corrected chi connectivity index (χ3v) is 2.75. The molecule has 0 aromatic carbocycles. The zero-order valence-electron chi connectivity index (χ0n) is 10.1. The van der Waals surface area contributed by atoms with Crippen molar-refractivity contribution in [2.24, 2.45) is 0 Å². The number of aliphatic hydroxyl groups excluding tert-OH is 1. The highest BCUT2D eigenvalue weighted by Crippen LogP contribution is 2.19. The van der Waals surface area contributed by atoms with Crippen molar-refractivity contribution < 1.29 is 5.11 Å². The van der Waals surface area contributed by atoms with E-state index in [9.17, 15) is 5.11 Å². The Morgan fingerprint density at radius 2 is 2.12 bits per heavy atom. The molecule has 1 heterocycles. The molecule has 0 aliphatic heterocycles. The van der Waals surface area contributed by atoms with Gasteiger partial charge in [0.15, 0.2) is 0 Å². The highest BCUT2D eigenvalue weighted by atomic mass is 35.5. The van der Waals surface area contributed by atoms with Crippen molar-refractivity contribution in [3.8, 4) is 0 Å². The monoisotopic (exact) mass is 243 g/mol. The van der Waals surface area contributed by atoms with Crippen molar-refractivity contribution in [1.29, 1.82) is 0 Å². The highest BCUT2D eigenvalue weighted by molar-refractivity contribution is 6.29. The molecule has 0 saturated heterocycles. The molecule has 90 valence electrons. The molecule has 0 fully saturated rings. The fraction of sp³-hybridized carbons (Fsp3) is 0.636. The number of anilines is 1. The Morgan fingerprint density at radius 1 is 1.50 bits per heavy atom. The van der Waals surface area contributed by atoms with Crippen LogP contribution >= 0.6 is 11.6 Å². The van der Waals surface area contributed by atoms with E-state index in [2.05, 4.69) is 15.3 Å². The molecule has 1 atom stereocenters. The van der Waals surface area contributed by atoms with Crippen LogP contribution in [0.3, 0.4) is 0 Å². The maximum absolute atomic E-state index is 9.60. The predicted octanol–water partition coefficient (Wildman–Crippen LogP) is 2.26. The van der Waals surface area contributed by atoms with E-state index in [4.69, 9.17) is 11.6 Å². The van der Waals surface area contributed by atoms with Gasteiger partial charge < -0.3 is 10.4 Å². The summed E-state index contributed by atoms with van der Waals surface area (Å²) in [5, 5.41) is 13.2. The number of nitrogens with one attached hydrogen (secondary N) is 1. The van der Waals surface area contributed by atoms with Crippen LogP contribution in [-0.4, -0.2) is 26.7 Å². The number of aliphatic hydroxyl groups is 1. The molecular formula is C11H18ClN3O. The second-order valence-corrected chi connectivity index (χ2v) is 4.76. The van der Waals surface area contributed by atoms with Crippen LogP contribution in [0.15, 0.2) is 6.07 Å². The second kappa shape index (κ2) is 4.97. The Bertz CT molecular complexity index is 366. The van der Waals surface area contributed by atoms with Crippen molar-refractivity contribution >= 4 is 17.4 Å². The third-order valence-electron chi connectivity index (χ3n) is 2.55. The number of halogens is 1. The SMILES string of the molecule is CCc1nc(Cl)cc(NC(C)(C)C(C)O)n1. The molecule has 1 unspecified atom stereocenters. The van der Waals surface area contributed by atoms with Gasteiger partial charge in [0.25, 0.3) is 0 Å². The Balaban J connectivity index is 2.93. The van der Waals surface area contributed by atoms with Crippen LogP contribution in [0.2, 0.25) is 5.15 Å². The van der Waals surface area contributed by atoms with Gasteiger partial charge in [-0.3, -0.25) is 0 Å². The summed E-state index contributed by atoms with van der Waals surface area (Å²) in [6, 6.07) is 1.66. The summed E-state index contributed by atoms with van der Waals surface area (Å²) in [7, 11) is 0. The van der Waals surface area contributed by atoms with E-state index < -0.39 is 11.6 Å². The van der Waals surface area contributed by atoms with Gasteiger partial charge in [-0.1, -0.05) is 18.5 Å². The fourth-order valence-electron chi connectivity index (χ4n) is 1.12. The lowest BCUT2D eigenvalue weighted by molar-refractivity contribution is 0.133. The first kappa shape index (κ1) is 13.2. The Hall–Kier alpha value is -0.870. The van der Waals surface area contributed by atoms with Crippen LogP contribution in [0.25, 0.3) is 0 Å². The average Bonchev–Trinajstić information content (AvgIpc) is 2.15. The Kier molecular flexibility index (Phi) is 4.10. The van der Waals surface area contributed by atoms with Gasteiger partial charge in [-0.15, -0.1) is 0 Å². The fourth-order valence-corrected chi connectivity index (χ4v) is 1.32. The van der Waals surface area contributed by atoms with Crippen LogP contribution in [0.5, 0.6) is 0 Å². The number of hydrogen-bond donors (Lipinski definition) is 2. The molecule has 1 aromatic heterocycles.